The van der Waals surface area contributed by atoms with E-state index in [9.17, 15) is 4.79 Å². The highest BCUT2D eigenvalue weighted by molar-refractivity contribution is 5.52. The molecule has 1 atom stereocenters. The van der Waals surface area contributed by atoms with E-state index >= 15 is 0 Å². The molecule has 0 aliphatic heterocycles. The summed E-state index contributed by atoms with van der Waals surface area (Å²) in [6.07, 6.45) is 8.44. The molecule has 1 unspecified atom stereocenters. The Bertz CT molecular complexity index is 576. The Morgan fingerprint density at radius 1 is 1.50 bits per heavy atom. The van der Waals surface area contributed by atoms with Crippen LogP contribution in [-0.2, 0) is 6.54 Å². The summed E-state index contributed by atoms with van der Waals surface area (Å²) in [5, 5.41) is 2.28. The zero-order valence-corrected chi connectivity index (χ0v) is 9.75. The van der Waals surface area contributed by atoms with Gasteiger partial charge in [-0.15, -0.1) is 0 Å². The minimum absolute atomic E-state index is 0.0578. The minimum Gasteiger partial charge on any atom is -0.306 e. The van der Waals surface area contributed by atoms with E-state index in [4.69, 9.17) is 0 Å². The number of imidazole rings is 1. The number of fused-ring (bicyclic) bond motifs is 2. The van der Waals surface area contributed by atoms with Crippen LogP contribution in [0.2, 0.25) is 0 Å². The lowest BCUT2D eigenvalue weighted by molar-refractivity contribution is 0.502. The molecule has 0 amide bonds. The lowest BCUT2D eigenvalue weighted by Gasteiger charge is -2.26. The van der Waals surface area contributed by atoms with Crippen LogP contribution in [-0.4, -0.2) is 9.55 Å². The fraction of sp³-hybridized carbons (Fsp3) is 0.615. The van der Waals surface area contributed by atoms with Gasteiger partial charge in [0.1, 0.15) is 0 Å². The highest BCUT2D eigenvalue weighted by atomic mass is 16.1. The molecule has 1 aromatic rings. The first-order chi connectivity index (χ1) is 7.81. The van der Waals surface area contributed by atoms with E-state index in [1.807, 2.05) is 11.5 Å². The monoisotopic (exact) mass is 218 g/mol. The van der Waals surface area contributed by atoms with Gasteiger partial charge in [-0.05, 0) is 44.1 Å². The lowest BCUT2D eigenvalue weighted by atomic mass is 9.80. The van der Waals surface area contributed by atoms with Gasteiger partial charge in [0.05, 0.1) is 10.7 Å². The first-order valence-electron chi connectivity index (χ1n) is 6.33. The van der Waals surface area contributed by atoms with E-state index in [2.05, 4.69) is 11.1 Å². The van der Waals surface area contributed by atoms with Crippen molar-refractivity contribution < 1.29 is 0 Å². The van der Waals surface area contributed by atoms with E-state index in [1.165, 1.54) is 36.6 Å². The highest BCUT2D eigenvalue weighted by Gasteiger charge is 2.23. The van der Waals surface area contributed by atoms with Crippen molar-refractivity contribution in [1.29, 1.82) is 0 Å². The minimum atomic E-state index is 0.0578. The molecule has 3 rings (SSSR count). The third kappa shape index (κ3) is 1.30. The third-order valence-corrected chi connectivity index (χ3v) is 3.98. The van der Waals surface area contributed by atoms with Gasteiger partial charge in [0.25, 0.3) is 0 Å². The second-order valence-electron chi connectivity index (χ2n) is 4.84. The number of nitrogens with zero attached hydrogens (tertiary/aromatic N) is 1. The van der Waals surface area contributed by atoms with Crippen LogP contribution in [0.3, 0.4) is 0 Å². The predicted molar refractivity (Wildman–Crippen MR) is 64.4 cm³/mol. The fourth-order valence-corrected chi connectivity index (χ4v) is 3.20. The number of rotatable bonds is 1. The molecule has 0 radical (unpaired) electrons. The second-order valence-corrected chi connectivity index (χ2v) is 4.84. The van der Waals surface area contributed by atoms with Crippen LogP contribution in [0.25, 0.3) is 11.6 Å². The third-order valence-electron chi connectivity index (χ3n) is 3.98. The summed E-state index contributed by atoms with van der Waals surface area (Å²) in [6.45, 7) is 2.82. The smallest absolute Gasteiger partial charge is 0.306 e. The van der Waals surface area contributed by atoms with Gasteiger partial charge in [0.15, 0.2) is 0 Å². The summed E-state index contributed by atoms with van der Waals surface area (Å²) >= 11 is 0. The normalized spacial score (nSPS) is 23.6. The maximum absolute atomic E-state index is 11.8. The van der Waals surface area contributed by atoms with E-state index < -0.39 is 0 Å². The van der Waals surface area contributed by atoms with Crippen LogP contribution in [0.5, 0.6) is 0 Å². The number of nitrogens with one attached hydrogen (secondary N) is 1. The Balaban J connectivity index is 2.36. The number of hydrogen-bond acceptors (Lipinski definition) is 1. The maximum atomic E-state index is 11.8. The molecule has 2 aliphatic carbocycles. The Hall–Kier alpha value is -1.25. The van der Waals surface area contributed by atoms with Crippen molar-refractivity contribution in [2.75, 3.05) is 0 Å². The largest absolute Gasteiger partial charge is 0.326 e. The van der Waals surface area contributed by atoms with Crippen molar-refractivity contribution in [3.8, 4) is 0 Å². The first kappa shape index (κ1) is 9.94. The SMILES string of the molecule is CCn1c(=O)[nH]c2c1=C1CCCCC1CC=2. The van der Waals surface area contributed by atoms with Crippen molar-refractivity contribution in [1.82, 2.24) is 9.55 Å². The Morgan fingerprint density at radius 2 is 2.38 bits per heavy atom. The molecule has 1 N–H and O–H groups in total. The van der Waals surface area contributed by atoms with Crippen molar-refractivity contribution in [3.63, 3.8) is 0 Å². The molecule has 16 heavy (non-hydrogen) atoms. The molecule has 0 spiro atoms. The van der Waals surface area contributed by atoms with Gasteiger partial charge in [-0.1, -0.05) is 12.5 Å². The molecule has 2 aliphatic rings. The highest BCUT2D eigenvalue weighted by Crippen LogP contribution is 2.32. The molecule has 1 aromatic heterocycles. The number of H-pyrrole nitrogens is 1. The van der Waals surface area contributed by atoms with Gasteiger partial charge in [-0.3, -0.25) is 4.57 Å². The summed E-state index contributed by atoms with van der Waals surface area (Å²) in [7, 11) is 0. The van der Waals surface area contributed by atoms with Gasteiger partial charge >= 0.3 is 5.69 Å². The molecule has 0 saturated heterocycles. The molecule has 0 bridgehead atoms. The summed E-state index contributed by atoms with van der Waals surface area (Å²) < 4.78 is 1.90. The van der Waals surface area contributed by atoms with Crippen LogP contribution in [0, 0.1) is 5.92 Å². The number of aromatic amines is 1. The lowest BCUT2D eigenvalue weighted by Crippen LogP contribution is -2.39. The van der Waals surface area contributed by atoms with Crippen molar-refractivity contribution in [2.45, 2.75) is 45.6 Å². The van der Waals surface area contributed by atoms with E-state index in [0.29, 0.717) is 5.92 Å². The molecule has 0 aromatic carbocycles. The van der Waals surface area contributed by atoms with Crippen LogP contribution in [0.15, 0.2) is 4.79 Å². The van der Waals surface area contributed by atoms with Gasteiger partial charge in [-0.25, -0.2) is 4.79 Å². The Labute approximate surface area is 94.5 Å². The van der Waals surface area contributed by atoms with Crippen LogP contribution in [0.4, 0.5) is 0 Å². The van der Waals surface area contributed by atoms with Gasteiger partial charge in [0.2, 0.25) is 0 Å². The topological polar surface area (TPSA) is 37.8 Å². The standard InChI is InChI=1S/C13H18N2O/c1-2-15-12-10-6-4-3-5-9(10)7-8-11(12)14-13(15)16/h8-9H,2-7H2,1H3,(H,14,16). The average molecular weight is 218 g/mol. The summed E-state index contributed by atoms with van der Waals surface area (Å²) in [5.74, 6) is 0.703. The van der Waals surface area contributed by atoms with Crippen LogP contribution in [0.1, 0.15) is 39.0 Å². The van der Waals surface area contributed by atoms with Crippen LogP contribution >= 0.6 is 0 Å². The molecule has 86 valence electrons. The molecule has 1 saturated carbocycles. The van der Waals surface area contributed by atoms with Gasteiger partial charge in [0, 0.05) is 6.54 Å². The predicted octanol–water partition coefficient (Wildman–Crippen LogP) is 0.721. The fourth-order valence-electron chi connectivity index (χ4n) is 3.20. The molecular weight excluding hydrogens is 200 g/mol. The van der Waals surface area contributed by atoms with Crippen molar-refractivity contribution in [3.05, 3.63) is 21.2 Å². The quantitative estimate of drug-likeness (QED) is 0.741. The number of aromatic nitrogens is 2. The van der Waals surface area contributed by atoms with Crippen molar-refractivity contribution in [2.24, 2.45) is 5.92 Å². The van der Waals surface area contributed by atoms with Crippen molar-refractivity contribution >= 4 is 11.6 Å². The van der Waals surface area contributed by atoms with Gasteiger partial charge < -0.3 is 4.98 Å². The Kier molecular flexibility index (Phi) is 2.27. The maximum Gasteiger partial charge on any atom is 0.326 e. The van der Waals surface area contributed by atoms with E-state index in [1.54, 1.807) is 0 Å². The second kappa shape index (κ2) is 3.65. The molecule has 3 heteroatoms. The molecule has 1 fully saturated rings. The molecule has 3 nitrogen and oxygen atoms in total. The van der Waals surface area contributed by atoms with E-state index in [-0.39, 0.29) is 5.69 Å². The molecular formula is C13H18N2O. The molecule has 1 heterocycles. The number of hydrogen-bond donors (Lipinski definition) is 1. The zero-order chi connectivity index (χ0) is 11.1. The first-order valence-corrected chi connectivity index (χ1v) is 6.33. The summed E-state index contributed by atoms with van der Waals surface area (Å²) in [5.41, 5.74) is 1.59. The zero-order valence-electron chi connectivity index (χ0n) is 9.75. The average Bonchev–Trinajstić information content (AvgIpc) is 2.65. The summed E-state index contributed by atoms with van der Waals surface area (Å²) in [4.78, 5) is 14.8. The van der Waals surface area contributed by atoms with Crippen LogP contribution < -0.4 is 16.4 Å². The van der Waals surface area contributed by atoms with E-state index in [0.717, 1.165) is 18.3 Å². The Morgan fingerprint density at radius 3 is 3.19 bits per heavy atom. The van der Waals surface area contributed by atoms with Gasteiger partial charge in [-0.2, -0.15) is 0 Å². The summed E-state index contributed by atoms with van der Waals surface area (Å²) in [6, 6.07) is 0.